The molecule has 0 radical (unpaired) electrons. The highest BCUT2D eigenvalue weighted by Crippen LogP contribution is 2.38. The number of hydrogen-bond acceptors (Lipinski definition) is 6. The lowest BCUT2D eigenvalue weighted by Gasteiger charge is -2.29. The van der Waals surface area contributed by atoms with Crippen molar-refractivity contribution in [1.82, 2.24) is 5.32 Å². The number of phosphoric ester groups is 1. The topological polar surface area (TPSA) is 108 Å². The molecule has 3 atom stereocenters. The van der Waals surface area contributed by atoms with Crippen LogP contribution in [0.4, 0.5) is 0 Å². The molecule has 0 aliphatic carbocycles. The molecule has 0 heterocycles. The van der Waals surface area contributed by atoms with Gasteiger partial charge in [0.1, 0.15) is 13.2 Å². The first-order valence-electron chi connectivity index (χ1n) is 35.4. The summed E-state index contributed by atoms with van der Waals surface area (Å²) in [5.74, 6) is -0.204. The van der Waals surface area contributed by atoms with E-state index >= 15 is 0 Å². The molecular formula is C71H139N2O6P. The number of carbonyl (C=O) groups is 1. The Balaban J connectivity index is 4.00. The van der Waals surface area contributed by atoms with Gasteiger partial charge in [0.2, 0.25) is 5.91 Å². The summed E-state index contributed by atoms with van der Waals surface area (Å²) >= 11 is 0. The van der Waals surface area contributed by atoms with Crippen LogP contribution in [0.25, 0.3) is 0 Å². The van der Waals surface area contributed by atoms with Gasteiger partial charge in [-0.25, -0.2) is 0 Å². The predicted molar refractivity (Wildman–Crippen MR) is 348 cm³/mol. The van der Waals surface area contributed by atoms with E-state index in [1.54, 1.807) is 6.08 Å². The van der Waals surface area contributed by atoms with Crippen molar-refractivity contribution >= 4 is 13.7 Å². The van der Waals surface area contributed by atoms with Crippen LogP contribution in [0, 0.1) is 0 Å². The molecule has 0 aliphatic rings. The molecule has 0 aliphatic heterocycles. The van der Waals surface area contributed by atoms with Crippen molar-refractivity contribution in [2.45, 2.75) is 373 Å². The molecule has 0 spiro atoms. The van der Waals surface area contributed by atoms with E-state index in [0.29, 0.717) is 17.4 Å². The van der Waals surface area contributed by atoms with E-state index in [4.69, 9.17) is 9.05 Å². The molecule has 0 bridgehead atoms. The summed E-state index contributed by atoms with van der Waals surface area (Å²) in [6, 6.07) is -0.909. The maximum absolute atomic E-state index is 13.0. The van der Waals surface area contributed by atoms with E-state index in [1.807, 2.05) is 27.2 Å². The Morgan fingerprint density at radius 3 is 1.01 bits per heavy atom. The van der Waals surface area contributed by atoms with Gasteiger partial charge in [0.05, 0.1) is 39.9 Å². The third-order valence-electron chi connectivity index (χ3n) is 16.3. The Hall–Kier alpha value is -1.28. The third kappa shape index (κ3) is 64.3. The Labute approximate surface area is 499 Å². The number of amides is 1. The second kappa shape index (κ2) is 62.3. The average Bonchev–Trinajstić information content (AvgIpc) is 3.42. The average molecular weight is 1150 g/mol. The van der Waals surface area contributed by atoms with Gasteiger partial charge in [-0.2, -0.15) is 0 Å². The number of quaternary nitrogens is 1. The number of rotatable bonds is 66. The van der Waals surface area contributed by atoms with Gasteiger partial charge < -0.3 is 28.8 Å². The van der Waals surface area contributed by atoms with Gasteiger partial charge in [-0.05, 0) is 44.9 Å². The van der Waals surface area contributed by atoms with Crippen LogP contribution in [-0.2, 0) is 18.4 Å². The first-order chi connectivity index (χ1) is 39.0. The van der Waals surface area contributed by atoms with Crippen molar-refractivity contribution in [1.29, 1.82) is 0 Å². The monoisotopic (exact) mass is 1150 g/mol. The van der Waals surface area contributed by atoms with Crippen LogP contribution in [0.15, 0.2) is 36.5 Å². The van der Waals surface area contributed by atoms with Gasteiger partial charge in [0.25, 0.3) is 7.82 Å². The van der Waals surface area contributed by atoms with E-state index < -0.39 is 26.6 Å². The SMILES string of the molecule is CCCCCCCCCCCCCC/C=C/CC/C=C/CC/C=C/C(O)C(COP(=O)([O-])OCC[N+](C)(C)C)NC(=O)CCCCCCCCCCCCCCCCCCCCCCCCCCCCCCCCCCCCCC. The minimum absolute atomic E-state index is 0.00714. The molecule has 0 aromatic rings. The van der Waals surface area contributed by atoms with Crippen LogP contribution in [0.2, 0.25) is 0 Å². The Bertz CT molecular complexity index is 1400. The molecule has 0 aromatic carbocycles. The first kappa shape index (κ1) is 78.7. The van der Waals surface area contributed by atoms with Crippen molar-refractivity contribution in [3.63, 3.8) is 0 Å². The number of phosphoric acid groups is 1. The van der Waals surface area contributed by atoms with Crippen LogP contribution in [0.5, 0.6) is 0 Å². The summed E-state index contributed by atoms with van der Waals surface area (Å²) in [5.41, 5.74) is 0. The fourth-order valence-electron chi connectivity index (χ4n) is 10.8. The maximum atomic E-state index is 13.0. The first-order valence-corrected chi connectivity index (χ1v) is 36.8. The largest absolute Gasteiger partial charge is 0.756 e. The molecule has 0 aromatic heterocycles. The Kier molecular flexibility index (Phi) is 61.3. The molecule has 1 amide bonds. The van der Waals surface area contributed by atoms with Gasteiger partial charge in [-0.15, -0.1) is 0 Å². The quantitative estimate of drug-likeness (QED) is 0.0272. The van der Waals surface area contributed by atoms with E-state index in [9.17, 15) is 19.4 Å². The fraction of sp³-hybridized carbons (Fsp3) is 0.901. The Morgan fingerprint density at radius 1 is 0.425 bits per heavy atom. The van der Waals surface area contributed by atoms with Crippen molar-refractivity contribution in [2.75, 3.05) is 40.9 Å². The lowest BCUT2D eigenvalue weighted by Crippen LogP contribution is -2.45. The van der Waals surface area contributed by atoms with Crippen LogP contribution < -0.4 is 10.2 Å². The standard InChI is InChI=1S/C71H139N2O6P/c1-6-8-10-12-14-16-18-20-22-24-26-28-30-31-32-33-34-35-36-37-38-39-40-41-42-43-45-47-49-51-53-55-57-59-61-63-65-71(75)72-69(68-79-80(76,77)78-67-66-73(3,4)5)70(74)64-62-60-58-56-54-52-50-48-46-44-29-27-25-23-21-19-17-15-13-11-9-7-2/h46,48,54,56,62,64,69-70,74H,6-45,47,49-53,55,57-61,63,65-68H2,1-5H3,(H-,72,75,76,77)/b48-46+,56-54+,64-62+. The number of likely N-dealkylation sites (N-methyl/N-ethyl adjacent to an activating group) is 1. The molecule has 0 fully saturated rings. The van der Waals surface area contributed by atoms with Crippen LogP contribution in [0.1, 0.15) is 361 Å². The smallest absolute Gasteiger partial charge is 0.268 e. The summed E-state index contributed by atoms with van der Waals surface area (Å²) in [7, 11) is 1.25. The van der Waals surface area contributed by atoms with Gasteiger partial charge in [-0.1, -0.05) is 346 Å². The number of aliphatic hydroxyl groups is 1. The van der Waals surface area contributed by atoms with Crippen molar-refractivity contribution < 1.29 is 32.9 Å². The summed E-state index contributed by atoms with van der Waals surface area (Å²) < 4.78 is 23.4. The van der Waals surface area contributed by atoms with Crippen LogP contribution >= 0.6 is 7.82 Å². The summed E-state index contributed by atoms with van der Waals surface area (Å²) in [5, 5.41) is 13.9. The van der Waals surface area contributed by atoms with Gasteiger partial charge in [0, 0.05) is 6.42 Å². The molecule has 8 nitrogen and oxygen atoms in total. The fourth-order valence-corrected chi connectivity index (χ4v) is 11.6. The van der Waals surface area contributed by atoms with Crippen molar-refractivity contribution in [3.8, 4) is 0 Å². The summed E-state index contributed by atoms with van der Waals surface area (Å²) in [6.07, 6.45) is 82.9. The number of hydrogen-bond donors (Lipinski definition) is 2. The van der Waals surface area contributed by atoms with E-state index in [0.717, 1.165) is 44.9 Å². The zero-order valence-corrected chi connectivity index (χ0v) is 55.2. The third-order valence-corrected chi connectivity index (χ3v) is 17.3. The highest BCUT2D eigenvalue weighted by atomic mass is 31.2. The number of unbranched alkanes of at least 4 members (excludes halogenated alkanes) is 49. The number of allylic oxidation sites excluding steroid dienone is 5. The van der Waals surface area contributed by atoms with Gasteiger partial charge in [0.15, 0.2) is 0 Å². The lowest BCUT2D eigenvalue weighted by molar-refractivity contribution is -0.870. The van der Waals surface area contributed by atoms with Crippen LogP contribution in [-0.4, -0.2) is 68.5 Å². The minimum atomic E-state index is -4.61. The van der Waals surface area contributed by atoms with E-state index in [2.05, 4.69) is 43.5 Å². The molecule has 474 valence electrons. The molecule has 3 unspecified atom stereocenters. The zero-order valence-electron chi connectivity index (χ0n) is 54.3. The molecule has 80 heavy (non-hydrogen) atoms. The van der Waals surface area contributed by atoms with Gasteiger partial charge >= 0.3 is 0 Å². The van der Waals surface area contributed by atoms with Gasteiger partial charge in [-0.3, -0.25) is 9.36 Å². The highest BCUT2D eigenvalue weighted by molar-refractivity contribution is 7.45. The number of nitrogens with one attached hydrogen (secondary N) is 1. The predicted octanol–water partition coefficient (Wildman–Crippen LogP) is 21.8. The lowest BCUT2D eigenvalue weighted by atomic mass is 10.0. The number of carbonyl (C=O) groups excluding carboxylic acids is 1. The maximum Gasteiger partial charge on any atom is 0.268 e. The highest BCUT2D eigenvalue weighted by Gasteiger charge is 2.23. The number of aliphatic hydroxyl groups excluding tert-OH is 1. The second-order valence-electron chi connectivity index (χ2n) is 25.6. The van der Waals surface area contributed by atoms with Crippen molar-refractivity contribution in [3.05, 3.63) is 36.5 Å². The van der Waals surface area contributed by atoms with E-state index in [1.165, 1.54) is 295 Å². The molecule has 0 saturated heterocycles. The molecular weight excluding hydrogens is 1010 g/mol. The Morgan fingerprint density at radius 2 is 0.700 bits per heavy atom. The summed E-state index contributed by atoms with van der Waals surface area (Å²) in [4.78, 5) is 25.6. The van der Waals surface area contributed by atoms with Crippen molar-refractivity contribution in [2.24, 2.45) is 0 Å². The molecule has 2 N–H and O–H groups in total. The van der Waals surface area contributed by atoms with Crippen LogP contribution in [0.3, 0.4) is 0 Å². The molecule has 0 saturated carbocycles. The normalized spacial score (nSPS) is 13.8. The summed E-state index contributed by atoms with van der Waals surface area (Å²) in [6.45, 7) is 4.68. The minimum Gasteiger partial charge on any atom is -0.756 e. The molecule has 0 rings (SSSR count). The zero-order chi connectivity index (χ0) is 58.4. The second-order valence-corrected chi connectivity index (χ2v) is 27.0. The van der Waals surface area contributed by atoms with E-state index in [-0.39, 0.29) is 12.5 Å². The molecule has 9 heteroatoms. The number of nitrogens with zero attached hydrogens (tertiary/aromatic N) is 1.